The zero-order chi connectivity index (χ0) is 15.5. The highest BCUT2D eigenvalue weighted by molar-refractivity contribution is 5.86. The molecule has 0 spiro atoms. The molecule has 1 atom stereocenters. The van der Waals surface area contributed by atoms with Crippen molar-refractivity contribution >= 4 is 29.2 Å². The largest absolute Gasteiger partial charge is 0.361 e. The summed E-state index contributed by atoms with van der Waals surface area (Å²) in [5, 5.41) is 1.15. The number of para-hydroxylation sites is 1. The highest BCUT2D eigenvalue weighted by atomic mass is 35.5. The van der Waals surface area contributed by atoms with Gasteiger partial charge in [0.05, 0.1) is 6.04 Å². The number of carbonyl (C=O) groups is 1. The van der Waals surface area contributed by atoms with Crippen LogP contribution in [0.1, 0.15) is 12.0 Å². The molecule has 1 aromatic carbocycles. The maximum absolute atomic E-state index is 12.6. The van der Waals surface area contributed by atoms with E-state index in [0.29, 0.717) is 6.42 Å². The maximum Gasteiger partial charge on any atom is 0.239 e. The summed E-state index contributed by atoms with van der Waals surface area (Å²) in [6.07, 6.45) is 3.56. The molecule has 6 heteroatoms. The zero-order valence-electron chi connectivity index (χ0n) is 13.5. The van der Waals surface area contributed by atoms with E-state index in [4.69, 9.17) is 5.73 Å². The lowest BCUT2D eigenvalue weighted by Crippen LogP contribution is -2.46. The number of aromatic amines is 1. The van der Waals surface area contributed by atoms with Crippen LogP contribution in [0, 0.1) is 0 Å². The van der Waals surface area contributed by atoms with E-state index in [1.807, 2.05) is 29.3 Å². The number of carbonyl (C=O) groups excluding carboxylic acids is 1. The number of likely N-dealkylation sites (N-methyl/N-ethyl adjacent to an activating group) is 1. The molecular weight excluding hydrogens is 312 g/mol. The first kappa shape index (κ1) is 17.8. The Kier molecular flexibility index (Phi) is 6.04. The summed E-state index contributed by atoms with van der Waals surface area (Å²) >= 11 is 0. The van der Waals surface area contributed by atoms with Crippen molar-refractivity contribution in [1.82, 2.24) is 14.8 Å². The second-order valence-corrected chi connectivity index (χ2v) is 6.15. The molecule has 1 aromatic heterocycles. The van der Waals surface area contributed by atoms with Crippen LogP contribution >= 0.6 is 12.4 Å². The van der Waals surface area contributed by atoms with Crippen LogP contribution in [0.25, 0.3) is 10.9 Å². The molecule has 0 aliphatic carbocycles. The number of amides is 1. The predicted octanol–water partition coefficient (Wildman–Crippen LogP) is 1.62. The second kappa shape index (κ2) is 7.81. The van der Waals surface area contributed by atoms with Crippen molar-refractivity contribution in [3.63, 3.8) is 0 Å². The van der Waals surface area contributed by atoms with Crippen LogP contribution in [0.15, 0.2) is 30.5 Å². The van der Waals surface area contributed by atoms with Crippen LogP contribution < -0.4 is 5.73 Å². The first-order valence-corrected chi connectivity index (χ1v) is 7.93. The molecule has 126 valence electrons. The average Bonchev–Trinajstić information content (AvgIpc) is 2.80. The quantitative estimate of drug-likeness (QED) is 0.895. The number of hydrogen-bond donors (Lipinski definition) is 2. The van der Waals surface area contributed by atoms with Crippen molar-refractivity contribution in [1.29, 1.82) is 0 Å². The molecule has 1 aliphatic rings. The number of hydrogen-bond acceptors (Lipinski definition) is 3. The minimum Gasteiger partial charge on any atom is -0.361 e. The van der Waals surface area contributed by atoms with E-state index < -0.39 is 6.04 Å². The van der Waals surface area contributed by atoms with Crippen molar-refractivity contribution in [3.8, 4) is 0 Å². The van der Waals surface area contributed by atoms with Gasteiger partial charge in [0, 0.05) is 36.7 Å². The maximum atomic E-state index is 12.6. The van der Waals surface area contributed by atoms with Gasteiger partial charge in [-0.1, -0.05) is 18.2 Å². The van der Waals surface area contributed by atoms with E-state index in [-0.39, 0.29) is 18.3 Å². The summed E-state index contributed by atoms with van der Waals surface area (Å²) in [7, 11) is 2.10. The first-order valence-electron chi connectivity index (χ1n) is 7.93. The van der Waals surface area contributed by atoms with Crippen LogP contribution in [0.4, 0.5) is 0 Å². The molecule has 1 aliphatic heterocycles. The molecular formula is C17H25ClN4O. The second-order valence-electron chi connectivity index (χ2n) is 6.15. The van der Waals surface area contributed by atoms with Crippen molar-refractivity contribution in [2.45, 2.75) is 18.9 Å². The van der Waals surface area contributed by atoms with Gasteiger partial charge in [-0.05, 0) is 38.1 Å². The third-order valence-electron chi connectivity index (χ3n) is 4.46. The molecule has 1 fully saturated rings. The number of rotatable bonds is 3. The lowest BCUT2D eigenvalue weighted by Gasteiger charge is -2.24. The Hall–Kier alpha value is -1.56. The van der Waals surface area contributed by atoms with Crippen molar-refractivity contribution in [3.05, 3.63) is 36.0 Å². The van der Waals surface area contributed by atoms with Crippen molar-refractivity contribution < 1.29 is 4.79 Å². The van der Waals surface area contributed by atoms with E-state index >= 15 is 0 Å². The smallest absolute Gasteiger partial charge is 0.239 e. The van der Waals surface area contributed by atoms with Gasteiger partial charge in [0.1, 0.15) is 0 Å². The molecule has 5 nitrogen and oxygen atoms in total. The molecule has 0 bridgehead atoms. The predicted molar refractivity (Wildman–Crippen MR) is 95.9 cm³/mol. The fourth-order valence-corrected chi connectivity index (χ4v) is 3.13. The van der Waals surface area contributed by atoms with Gasteiger partial charge < -0.3 is 20.5 Å². The summed E-state index contributed by atoms with van der Waals surface area (Å²) in [4.78, 5) is 20.0. The molecule has 0 radical (unpaired) electrons. The Morgan fingerprint density at radius 3 is 2.87 bits per heavy atom. The number of nitrogens with one attached hydrogen (secondary N) is 1. The van der Waals surface area contributed by atoms with Crippen LogP contribution in [0.5, 0.6) is 0 Å². The molecule has 0 saturated carbocycles. The van der Waals surface area contributed by atoms with Crippen LogP contribution in [0.3, 0.4) is 0 Å². The molecule has 1 amide bonds. The molecule has 0 unspecified atom stereocenters. The Morgan fingerprint density at radius 1 is 1.26 bits per heavy atom. The summed E-state index contributed by atoms with van der Waals surface area (Å²) in [5.41, 5.74) is 8.40. The highest BCUT2D eigenvalue weighted by Gasteiger charge is 2.23. The first-order chi connectivity index (χ1) is 10.6. The number of nitrogens with two attached hydrogens (primary N) is 1. The van der Waals surface area contributed by atoms with Gasteiger partial charge in [-0.2, -0.15) is 0 Å². The van der Waals surface area contributed by atoms with E-state index in [1.54, 1.807) is 0 Å². The summed E-state index contributed by atoms with van der Waals surface area (Å²) < 4.78 is 0. The van der Waals surface area contributed by atoms with Crippen molar-refractivity contribution in [2.75, 3.05) is 33.2 Å². The normalized spacial score (nSPS) is 17.6. The number of H-pyrrole nitrogens is 1. The van der Waals surface area contributed by atoms with Gasteiger partial charge in [0.25, 0.3) is 0 Å². The third-order valence-corrected chi connectivity index (χ3v) is 4.46. The fourth-order valence-electron chi connectivity index (χ4n) is 3.13. The number of halogens is 1. The minimum atomic E-state index is -0.470. The Bertz CT molecular complexity index is 657. The Labute approximate surface area is 143 Å². The van der Waals surface area contributed by atoms with Gasteiger partial charge in [0.15, 0.2) is 0 Å². The monoisotopic (exact) mass is 336 g/mol. The van der Waals surface area contributed by atoms with Gasteiger partial charge >= 0.3 is 0 Å². The molecule has 2 aromatic rings. The van der Waals surface area contributed by atoms with E-state index in [9.17, 15) is 4.79 Å². The summed E-state index contributed by atoms with van der Waals surface area (Å²) in [6.45, 7) is 3.55. The van der Waals surface area contributed by atoms with Gasteiger partial charge in [-0.3, -0.25) is 4.79 Å². The van der Waals surface area contributed by atoms with Gasteiger partial charge in [-0.15, -0.1) is 12.4 Å². The summed E-state index contributed by atoms with van der Waals surface area (Å²) in [5.74, 6) is 0.0700. The SMILES string of the molecule is CN1CCCN(C(=O)[C@@H](N)Cc2c[nH]c3ccccc23)CC1.Cl. The number of nitrogens with zero attached hydrogens (tertiary/aromatic N) is 2. The molecule has 1 saturated heterocycles. The standard InChI is InChI=1S/C17H24N4O.ClH/c1-20-7-4-8-21(10-9-20)17(22)15(18)11-13-12-19-16-6-3-2-5-14(13)16;/h2-3,5-6,12,15,19H,4,7-11,18H2,1H3;1H/t15-;/m0./s1. The van der Waals surface area contributed by atoms with Gasteiger partial charge in [-0.25, -0.2) is 0 Å². The molecule has 23 heavy (non-hydrogen) atoms. The van der Waals surface area contributed by atoms with Crippen LogP contribution in [0.2, 0.25) is 0 Å². The number of aromatic nitrogens is 1. The molecule has 2 heterocycles. The van der Waals surface area contributed by atoms with Crippen LogP contribution in [-0.4, -0.2) is 60.0 Å². The van der Waals surface area contributed by atoms with E-state index in [2.05, 4.69) is 23.0 Å². The van der Waals surface area contributed by atoms with E-state index in [1.165, 1.54) is 0 Å². The average molecular weight is 337 g/mol. The lowest BCUT2D eigenvalue weighted by molar-refractivity contribution is -0.132. The highest BCUT2D eigenvalue weighted by Crippen LogP contribution is 2.19. The topological polar surface area (TPSA) is 65.4 Å². The van der Waals surface area contributed by atoms with Crippen LogP contribution in [-0.2, 0) is 11.2 Å². The fraction of sp³-hybridized carbons (Fsp3) is 0.471. The molecule has 3 N–H and O–H groups in total. The summed E-state index contributed by atoms with van der Waals surface area (Å²) in [6, 6.07) is 7.65. The number of fused-ring (bicyclic) bond motifs is 1. The lowest BCUT2D eigenvalue weighted by atomic mass is 10.0. The molecule has 3 rings (SSSR count). The zero-order valence-corrected chi connectivity index (χ0v) is 14.3. The number of benzene rings is 1. The minimum absolute atomic E-state index is 0. The van der Waals surface area contributed by atoms with Gasteiger partial charge in [0.2, 0.25) is 5.91 Å². The third kappa shape index (κ3) is 4.05. The van der Waals surface area contributed by atoms with Crippen molar-refractivity contribution in [2.24, 2.45) is 5.73 Å². The Morgan fingerprint density at radius 2 is 2.04 bits per heavy atom. The Balaban J connectivity index is 0.00000192. The van der Waals surface area contributed by atoms with E-state index in [0.717, 1.165) is 49.1 Å².